The molecule has 1 heterocycles. The number of morpholine rings is 1. The predicted octanol–water partition coefficient (Wildman–Crippen LogP) is 2.22. The van der Waals surface area contributed by atoms with E-state index in [2.05, 4.69) is 5.32 Å². The zero-order valence-electron chi connectivity index (χ0n) is 16.4. The molecule has 160 valence electrons. The van der Waals surface area contributed by atoms with E-state index < -0.39 is 28.5 Å². The van der Waals surface area contributed by atoms with Crippen molar-refractivity contribution in [3.8, 4) is 0 Å². The second kappa shape index (κ2) is 10.1. The van der Waals surface area contributed by atoms with Crippen LogP contribution in [0.4, 0.5) is 5.69 Å². The van der Waals surface area contributed by atoms with Crippen molar-refractivity contribution >= 4 is 39.3 Å². The standard InChI is InChI=1S/C20H22N2O6S2/c1-29-17-4-2-3-16(13-17)21-19(23)14-28-20(24)15-5-7-18(8-6-15)30(25,26)22-9-11-27-12-10-22/h2-8,13H,9-12,14H2,1H3,(H,21,23). The highest BCUT2D eigenvalue weighted by Crippen LogP contribution is 2.19. The Hall–Kier alpha value is -2.40. The number of nitrogens with zero attached hydrogens (tertiary/aromatic N) is 1. The summed E-state index contributed by atoms with van der Waals surface area (Å²) in [6, 6.07) is 12.8. The van der Waals surface area contributed by atoms with Crippen molar-refractivity contribution in [3.05, 3.63) is 54.1 Å². The number of rotatable bonds is 7. The van der Waals surface area contributed by atoms with Crippen LogP contribution >= 0.6 is 11.8 Å². The van der Waals surface area contributed by atoms with Crippen LogP contribution in [0.1, 0.15) is 10.4 Å². The van der Waals surface area contributed by atoms with E-state index in [9.17, 15) is 18.0 Å². The Morgan fingerprint density at radius 2 is 1.83 bits per heavy atom. The minimum atomic E-state index is -3.64. The maximum Gasteiger partial charge on any atom is 0.338 e. The van der Waals surface area contributed by atoms with Crippen molar-refractivity contribution in [1.29, 1.82) is 0 Å². The predicted molar refractivity (Wildman–Crippen MR) is 113 cm³/mol. The third-order valence-corrected chi connectivity index (χ3v) is 7.02. The lowest BCUT2D eigenvalue weighted by Gasteiger charge is -2.26. The zero-order valence-corrected chi connectivity index (χ0v) is 18.0. The van der Waals surface area contributed by atoms with Gasteiger partial charge in [-0.25, -0.2) is 13.2 Å². The molecule has 1 saturated heterocycles. The van der Waals surface area contributed by atoms with Gasteiger partial charge >= 0.3 is 5.97 Å². The maximum absolute atomic E-state index is 12.6. The van der Waals surface area contributed by atoms with Crippen LogP contribution in [0.25, 0.3) is 0 Å². The van der Waals surface area contributed by atoms with Crippen molar-refractivity contribution in [2.45, 2.75) is 9.79 Å². The van der Waals surface area contributed by atoms with E-state index in [1.807, 2.05) is 24.5 Å². The van der Waals surface area contributed by atoms with Gasteiger partial charge in [0.15, 0.2) is 6.61 Å². The number of amides is 1. The monoisotopic (exact) mass is 450 g/mol. The fraction of sp³-hybridized carbons (Fsp3) is 0.300. The summed E-state index contributed by atoms with van der Waals surface area (Å²) in [6.07, 6.45) is 1.93. The number of thioether (sulfide) groups is 1. The largest absolute Gasteiger partial charge is 0.452 e. The SMILES string of the molecule is CSc1cccc(NC(=O)COC(=O)c2ccc(S(=O)(=O)N3CCOCC3)cc2)c1. The number of benzene rings is 2. The zero-order chi connectivity index (χ0) is 21.6. The Morgan fingerprint density at radius 1 is 1.13 bits per heavy atom. The van der Waals surface area contributed by atoms with Crippen molar-refractivity contribution < 1.29 is 27.5 Å². The lowest BCUT2D eigenvalue weighted by molar-refractivity contribution is -0.119. The van der Waals surface area contributed by atoms with Gasteiger partial charge in [0.2, 0.25) is 10.0 Å². The van der Waals surface area contributed by atoms with Crippen molar-refractivity contribution in [3.63, 3.8) is 0 Å². The van der Waals surface area contributed by atoms with Crippen LogP contribution in [0.15, 0.2) is 58.3 Å². The van der Waals surface area contributed by atoms with Gasteiger partial charge in [0.05, 0.1) is 23.7 Å². The fourth-order valence-electron chi connectivity index (χ4n) is 2.81. The van der Waals surface area contributed by atoms with Gasteiger partial charge in [-0.2, -0.15) is 4.31 Å². The summed E-state index contributed by atoms with van der Waals surface area (Å²) >= 11 is 1.55. The van der Waals surface area contributed by atoms with Gasteiger partial charge in [-0.3, -0.25) is 4.79 Å². The molecule has 1 aliphatic heterocycles. The molecule has 0 unspecified atom stereocenters. The molecule has 0 bridgehead atoms. The molecule has 10 heteroatoms. The molecule has 1 fully saturated rings. The third-order valence-electron chi connectivity index (χ3n) is 4.39. The summed E-state index contributed by atoms with van der Waals surface area (Å²) in [4.78, 5) is 25.3. The number of esters is 1. The van der Waals surface area contributed by atoms with Crippen LogP contribution in [-0.4, -0.2) is 63.8 Å². The summed E-state index contributed by atoms with van der Waals surface area (Å²) in [5.74, 6) is -1.17. The molecule has 30 heavy (non-hydrogen) atoms. The van der Waals surface area contributed by atoms with Crippen LogP contribution in [0.2, 0.25) is 0 Å². The maximum atomic E-state index is 12.6. The molecular weight excluding hydrogens is 428 g/mol. The summed E-state index contributed by atoms with van der Waals surface area (Å²) < 4.78 is 36.8. The van der Waals surface area contributed by atoms with Crippen LogP contribution in [0.5, 0.6) is 0 Å². The Labute approximate surface area is 179 Å². The van der Waals surface area contributed by atoms with Gasteiger partial charge in [0.25, 0.3) is 5.91 Å². The molecule has 0 aromatic heterocycles. The average Bonchev–Trinajstić information content (AvgIpc) is 2.78. The second-order valence-electron chi connectivity index (χ2n) is 6.40. The van der Waals surface area contributed by atoms with Gasteiger partial charge in [-0.05, 0) is 48.7 Å². The Kier molecular flexibility index (Phi) is 7.48. The molecule has 0 aliphatic carbocycles. The van der Waals surface area contributed by atoms with E-state index in [0.717, 1.165) is 4.90 Å². The Balaban J connectivity index is 1.56. The number of carbonyl (C=O) groups is 2. The summed E-state index contributed by atoms with van der Waals surface area (Å²) in [5, 5.41) is 2.66. The summed E-state index contributed by atoms with van der Waals surface area (Å²) in [5.41, 5.74) is 0.772. The molecular formula is C20H22N2O6S2. The van der Waals surface area contributed by atoms with Gasteiger partial charge in [-0.15, -0.1) is 11.8 Å². The van der Waals surface area contributed by atoms with Gasteiger partial charge in [0.1, 0.15) is 0 Å². The van der Waals surface area contributed by atoms with Gasteiger partial charge in [0, 0.05) is 23.7 Å². The molecule has 1 amide bonds. The van der Waals surface area contributed by atoms with E-state index in [-0.39, 0.29) is 10.5 Å². The van der Waals surface area contributed by atoms with Crippen molar-refractivity contribution in [2.24, 2.45) is 0 Å². The molecule has 0 saturated carbocycles. The second-order valence-corrected chi connectivity index (χ2v) is 9.21. The van der Waals surface area contributed by atoms with Gasteiger partial charge < -0.3 is 14.8 Å². The van der Waals surface area contributed by atoms with E-state index in [1.165, 1.54) is 28.6 Å². The first-order chi connectivity index (χ1) is 14.4. The lowest BCUT2D eigenvalue weighted by atomic mass is 10.2. The molecule has 0 atom stereocenters. The summed E-state index contributed by atoms with van der Waals surface area (Å²) in [7, 11) is -3.64. The normalized spacial score (nSPS) is 14.8. The topological polar surface area (TPSA) is 102 Å². The number of hydrogen-bond acceptors (Lipinski definition) is 7. The molecule has 0 radical (unpaired) electrons. The van der Waals surface area contributed by atoms with Crippen LogP contribution in [0, 0.1) is 0 Å². The van der Waals surface area contributed by atoms with E-state index in [0.29, 0.717) is 32.0 Å². The van der Waals surface area contributed by atoms with Crippen LogP contribution < -0.4 is 5.32 Å². The lowest BCUT2D eigenvalue weighted by Crippen LogP contribution is -2.40. The Morgan fingerprint density at radius 3 is 2.50 bits per heavy atom. The van der Waals surface area contributed by atoms with Crippen LogP contribution in [-0.2, 0) is 24.3 Å². The average molecular weight is 451 g/mol. The molecule has 8 nitrogen and oxygen atoms in total. The highest BCUT2D eigenvalue weighted by molar-refractivity contribution is 7.98. The minimum absolute atomic E-state index is 0.0902. The quantitative estimate of drug-likeness (QED) is 0.510. The number of sulfonamides is 1. The fourth-order valence-corrected chi connectivity index (χ4v) is 4.68. The first kappa shape index (κ1) is 22.3. The highest BCUT2D eigenvalue weighted by Gasteiger charge is 2.26. The van der Waals surface area contributed by atoms with Crippen LogP contribution in [0.3, 0.4) is 0 Å². The van der Waals surface area contributed by atoms with E-state index >= 15 is 0 Å². The first-order valence-corrected chi connectivity index (χ1v) is 11.9. The number of ether oxygens (including phenoxy) is 2. The first-order valence-electron chi connectivity index (χ1n) is 9.19. The number of carbonyl (C=O) groups excluding carboxylic acids is 2. The third kappa shape index (κ3) is 5.60. The van der Waals surface area contributed by atoms with Crippen molar-refractivity contribution in [2.75, 3.05) is 44.5 Å². The van der Waals surface area contributed by atoms with E-state index in [4.69, 9.17) is 9.47 Å². The summed E-state index contributed by atoms with van der Waals surface area (Å²) in [6.45, 7) is 0.846. The van der Waals surface area contributed by atoms with Crippen molar-refractivity contribution in [1.82, 2.24) is 4.31 Å². The van der Waals surface area contributed by atoms with E-state index in [1.54, 1.807) is 17.8 Å². The molecule has 2 aromatic rings. The molecule has 1 N–H and O–H groups in total. The highest BCUT2D eigenvalue weighted by atomic mass is 32.2. The number of nitrogens with one attached hydrogen (secondary N) is 1. The molecule has 1 aliphatic rings. The van der Waals surface area contributed by atoms with Gasteiger partial charge in [-0.1, -0.05) is 6.07 Å². The molecule has 3 rings (SSSR count). The number of anilines is 1. The minimum Gasteiger partial charge on any atom is -0.452 e. The smallest absolute Gasteiger partial charge is 0.338 e. The molecule has 0 spiro atoms. The number of hydrogen-bond donors (Lipinski definition) is 1. The molecule has 2 aromatic carbocycles. The Bertz CT molecular complexity index is 1000.